The Morgan fingerprint density at radius 1 is 1.33 bits per heavy atom. The quantitative estimate of drug-likeness (QED) is 0.867. The Morgan fingerprint density at radius 2 is 2.14 bits per heavy atom. The molecule has 2 atom stereocenters. The number of rotatable bonds is 4. The van der Waals surface area contributed by atoms with Crippen molar-refractivity contribution in [3.8, 4) is 11.8 Å². The summed E-state index contributed by atoms with van der Waals surface area (Å²) in [5, 5.41) is 8.68. The number of aliphatic hydroxyl groups is 1. The molecule has 2 unspecified atom stereocenters. The lowest BCUT2D eigenvalue weighted by Crippen LogP contribution is -2.27. The molecule has 0 aliphatic heterocycles. The highest BCUT2D eigenvalue weighted by molar-refractivity contribution is 5.38. The molecule has 0 radical (unpaired) electrons. The van der Waals surface area contributed by atoms with Crippen molar-refractivity contribution in [2.45, 2.75) is 44.5 Å². The number of halogens is 1. The van der Waals surface area contributed by atoms with E-state index in [1.165, 1.54) is 6.07 Å². The molecular formula is C17H21FO3. The van der Waals surface area contributed by atoms with Gasteiger partial charge in [-0.15, -0.1) is 0 Å². The molecule has 1 N–H and O–H groups in total. The molecule has 114 valence electrons. The van der Waals surface area contributed by atoms with Crippen LogP contribution < -0.4 is 0 Å². The van der Waals surface area contributed by atoms with E-state index >= 15 is 0 Å². The van der Waals surface area contributed by atoms with Crippen molar-refractivity contribution < 1.29 is 19.0 Å². The zero-order valence-electron chi connectivity index (χ0n) is 12.3. The third-order valence-electron chi connectivity index (χ3n) is 3.73. The number of hydrogen-bond acceptors (Lipinski definition) is 3. The fourth-order valence-corrected chi connectivity index (χ4v) is 2.57. The second kappa shape index (κ2) is 8.14. The third-order valence-corrected chi connectivity index (χ3v) is 3.73. The van der Waals surface area contributed by atoms with Gasteiger partial charge in [0.1, 0.15) is 12.4 Å². The standard InChI is InChI=1S/C17H21FO3/c1-20-15-5-2-6-16(11-15)21-12-13-7-8-17(18)14(10-13)4-3-9-19/h7-8,10,15-16,19H,2,5-6,9,11-12H2,1H3. The molecule has 0 amide bonds. The average molecular weight is 292 g/mol. The van der Waals surface area contributed by atoms with Crippen molar-refractivity contribution >= 4 is 0 Å². The van der Waals surface area contributed by atoms with Crippen molar-refractivity contribution in [3.05, 3.63) is 35.1 Å². The lowest BCUT2D eigenvalue weighted by Gasteiger charge is -2.28. The summed E-state index contributed by atoms with van der Waals surface area (Å²) in [5.41, 5.74) is 1.18. The average Bonchev–Trinajstić information content (AvgIpc) is 2.53. The number of benzene rings is 1. The normalized spacial score (nSPS) is 21.7. The minimum atomic E-state index is -0.378. The zero-order valence-corrected chi connectivity index (χ0v) is 12.3. The van der Waals surface area contributed by atoms with Crippen LogP contribution in [-0.2, 0) is 16.1 Å². The van der Waals surface area contributed by atoms with Gasteiger partial charge in [0, 0.05) is 7.11 Å². The minimum absolute atomic E-state index is 0.195. The molecule has 1 fully saturated rings. The van der Waals surface area contributed by atoms with Crippen LogP contribution >= 0.6 is 0 Å². The Kier molecular flexibility index (Phi) is 6.19. The van der Waals surface area contributed by atoms with Gasteiger partial charge in [0.05, 0.1) is 24.4 Å². The molecule has 1 aromatic carbocycles. The van der Waals surface area contributed by atoms with E-state index in [-0.39, 0.29) is 24.6 Å². The SMILES string of the molecule is COC1CCCC(OCc2ccc(F)c(C#CCO)c2)C1. The zero-order chi connectivity index (χ0) is 15.1. The molecule has 0 aromatic heterocycles. The molecule has 3 nitrogen and oxygen atoms in total. The van der Waals surface area contributed by atoms with Crippen LogP contribution in [0, 0.1) is 17.7 Å². The van der Waals surface area contributed by atoms with Gasteiger partial charge in [-0.3, -0.25) is 0 Å². The monoisotopic (exact) mass is 292 g/mol. The van der Waals surface area contributed by atoms with Crippen molar-refractivity contribution in [2.24, 2.45) is 0 Å². The summed E-state index contributed by atoms with van der Waals surface area (Å²) in [6.07, 6.45) is 4.63. The summed E-state index contributed by atoms with van der Waals surface area (Å²) in [4.78, 5) is 0. The number of aliphatic hydroxyl groups excluding tert-OH is 1. The number of hydrogen-bond donors (Lipinski definition) is 1. The van der Waals surface area contributed by atoms with Crippen LogP contribution in [0.2, 0.25) is 0 Å². The molecule has 1 aliphatic carbocycles. The molecule has 0 saturated heterocycles. The van der Waals surface area contributed by atoms with E-state index in [4.69, 9.17) is 14.6 Å². The topological polar surface area (TPSA) is 38.7 Å². The molecular weight excluding hydrogens is 271 g/mol. The van der Waals surface area contributed by atoms with E-state index in [0.29, 0.717) is 12.2 Å². The summed E-state index contributed by atoms with van der Waals surface area (Å²) in [6, 6.07) is 4.77. The fourth-order valence-electron chi connectivity index (χ4n) is 2.57. The summed E-state index contributed by atoms with van der Waals surface area (Å²) in [7, 11) is 1.74. The highest BCUT2D eigenvalue weighted by Crippen LogP contribution is 2.24. The van der Waals surface area contributed by atoms with E-state index in [0.717, 1.165) is 31.2 Å². The predicted octanol–water partition coefficient (Wildman–Crippen LogP) is 2.64. The first-order valence-corrected chi connectivity index (χ1v) is 7.25. The maximum Gasteiger partial charge on any atom is 0.138 e. The summed E-state index contributed by atoms with van der Waals surface area (Å²) in [6.45, 7) is 0.163. The van der Waals surface area contributed by atoms with Crippen LogP contribution in [0.15, 0.2) is 18.2 Å². The first-order valence-electron chi connectivity index (χ1n) is 7.25. The molecule has 1 aromatic rings. The van der Waals surface area contributed by atoms with E-state index in [1.807, 2.05) is 0 Å². The lowest BCUT2D eigenvalue weighted by molar-refractivity contribution is -0.0363. The van der Waals surface area contributed by atoms with Gasteiger partial charge >= 0.3 is 0 Å². The van der Waals surface area contributed by atoms with E-state index in [2.05, 4.69) is 11.8 Å². The largest absolute Gasteiger partial charge is 0.384 e. The van der Waals surface area contributed by atoms with Crippen LogP contribution in [0.5, 0.6) is 0 Å². The molecule has 1 aliphatic rings. The second-order valence-corrected chi connectivity index (χ2v) is 5.23. The molecule has 0 bridgehead atoms. The molecule has 0 heterocycles. The van der Waals surface area contributed by atoms with Crippen LogP contribution in [-0.4, -0.2) is 31.0 Å². The second-order valence-electron chi connectivity index (χ2n) is 5.23. The van der Waals surface area contributed by atoms with Gasteiger partial charge in [0.15, 0.2) is 0 Å². The van der Waals surface area contributed by atoms with E-state index in [1.54, 1.807) is 19.2 Å². The summed E-state index contributed by atoms with van der Waals surface area (Å²) >= 11 is 0. The van der Waals surface area contributed by atoms with Crippen LogP contribution in [0.25, 0.3) is 0 Å². The minimum Gasteiger partial charge on any atom is -0.384 e. The highest BCUT2D eigenvalue weighted by atomic mass is 19.1. The third kappa shape index (κ3) is 4.82. The summed E-state index contributed by atoms with van der Waals surface area (Å²) in [5.74, 6) is 4.69. The molecule has 1 saturated carbocycles. The first-order chi connectivity index (χ1) is 10.2. The Balaban J connectivity index is 1.93. The van der Waals surface area contributed by atoms with Crippen LogP contribution in [0.3, 0.4) is 0 Å². The maximum absolute atomic E-state index is 13.5. The molecule has 0 spiro atoms. The Hall–Kier alpha value is -1.41. The summed E-state index contributed by atoms with van der Waals surface area (Å²) < 4.78 is 24.8. The number of ether oxygens (including phenoxy) is 2. The molecule has 4 heteroatoms. The fraction of sp³-hybridized carbons (Fsp3) is 0.529. The van der Waals surface area contributed by atoms with Crippen molar-refractivity contribution in [1.82, 2.24) is 0 Å². The first kappa shape index (κ1) is 16.0. The van der Waals surface area contributed by atoms with E-state index < -0.39 is 0 Å². The van der Waals surface area contributed by atoms with Crippen molar-refractivity contribution in [3.63, 3.8) is 0 Å². The Bertz CT molecular complexity index is 519. The van der Waals surface area contributed by atoms with Crippen molar-refractivity contribution in [1.29, 1.82) is 0 Å². The number of methoxy groups -OCH3 is 1. The van der Waals surface area contributed by atoms with E-state index in [9.17, 15) is 4.39 Å². The lowest BCUT2D eigenvalue weighted by atomic mass is 9.95. The van der Waals surface area contributed by atoms with Gasteiger partial charge in [-0.2, -0.15) is 0 Å². The van der Waals surface area contributed by atoms with Gasteiger partial charge in [0.25, 0.3) is 0 Å². The Morgan fingerprint density at radius 3 is 2.90 bits per heavy atom. The van der Waals surface area contributed by atoms with Gasteiger partial charge in [-0.05, 0) is 43.4 Å². The van der Waals surface area contributed by atoms with Gasteiger partial charge in [0.2, 0.25) is 0 Å². The predicted molar refractivity (Wildman–Crippen MR) is 78.2 cm³/mol. The van der Waals surface area contributed by atoms with Gasteiger partial charge < -0.3 is 14.6 Å². The maximum atomic E-state index is 13.5. The van der Waals surface area contributed by atoms with Gasteiger partial charge in [-0.1, -0.05) is 17.9 Å². The smallest absolute Gasteiger partial charge is 0.138 e. The Labute approximate surface area is 125 Å². The highest BCUT2D eigenvalue weighted by Gasteiger charge is 2.22. The van der Waals surface area contributed by atoms with Gasteiger partial charge in [-0.25, -0.2) is 4.39 Å². The molecule has 21 heavy (non-hydrogen) atoms. The van der Waals surface area contributed by atoms with Crippen molar-refractivity contribution in [2.75, 3.05) is 13.7 Å². The van der Waals surface area contributed by atoms with Crippen LogP contribution in [0.4, 0.5) is 4.39 Å². The molecule has 2 rings (SSSR count). The van der Waals surface area contributed by atoms with Crippen LogP contribution in [0.1, 0.15) is 36.8 Å².